The average molecular weight is 229 g/mol. The molecule has 0 fully saturated rings. The lowest BCUT2D eigenvalue weighted by Crippen LogP contribution is -2.47. The van der Waals surface area contributed by atoms with Gasteiger partial charge in [-0.05, 0) is 18.4 Å². The molecule has 1 aromatic heterocycles. The molecule has 1 heterocycles. The van der Waals surface area contributed by atoms with Gasteiger partial charge in [0.2, 0.25) is 0 Å². The number of hydrogen-bond acceptors (Lipinski definition) is 4. The van der Waals surface area contributed by atoms with Crippen molar-refractivity contribution < 1.29 is 19.8 Å². The number of aliphatic carboxylic acids is 1. The van der Waals surface area contributed by atoms with Crippen molar-refractivity contribution in [3.05, 3.63) is 22.4 Å². The Hall–Kier alpha value is -1.40. The summed E-state index contributed by atoms with van der Waals surface area (Å²) in [6, 6.07) is 2.00. The van der Waals surface area contributed by atoms with Crippen LogP contribution in [0.3, 0.4) is 0 Å². The SMILES string of the molecule is CC(O)C(NC(=O)c1cccs1)C(=O)O. The van der Waals surface area contributed by atoms with Gasteiger partial charge in [-0.1, -0.05) is 6.07 Å². The standard InChI is InChI=1S/C9H11NO4S/c1-5(11)7(9(13)14)10-8(12)6-3-2-4-15-6/h2-5,7,11H,1H3,(H,10,12)(H,13,14). The third-order valence-electron chi connectivity index (χ3n) is 1.78. The monoisotopic (exact) mass is 229 g/mol. The van der Waals surface area contributed by atoms with Crippen LogP contribution in [0.25, 0.3) is 0 Å². The van der Waals surface area contributed by atoms with Crippen LogP contribution in [-0.4, -0.2) is 34.2 Å². The minimum Gasteiger partial charge on any atom is -0.480 e. The summed E-state index contributed by atoms with van der Waals surface area (Å²) in [5.41, 5.74) is 0. The number of carboxylic acid groups (broad SMARTS) is 1. The molecule has 0 aliphatic carbocycles. The molecule has 0 aromatic carbocycles. The van der Waals surface area contributed by atoms with E-state index >= 15 is 0 Å². The fourth-order valence-corrected chi connectivity index (χ4v) is 1.64. The van der Waals surface area contributed by atoms with Crippen LogP contribution in [0.5, 0.6) is 0 Å². The van der Waals surface area contributed by atoms with Gasteiger partial charge in [-0.15, -0.1) is 11.3 Å². The predicted molar refractivity (Wildman–Crippen MR) is 54.9 cm³/mol. The lowest BCUT2D eigenvalue weighted by atomic mass is 10.2. The summed E-state index contributed by atoms with van der Waals surface area (Å²) in [4.78, 5) is 22.5. The second kappa shape index (κ2) is 4.90. The zero-order valence-electron chi connectivity index (χ0n) is 8.01. The van der Waals surface area contributed by atoms with Crippen LogP contribution in [0.4, 0.5) is 0 Å². The molecule has 82 valence electrons. The summed E-state index contributed by atoms with van der Waals surface area (Å²) in [5.74, 6) is -1.74. The number of carbonyl (C=O) groups is 2. The number of amides is 1. The lowest BCUT2D eigenvalue weighted by Gasteiger charge is -2.16. The lowest BCUT2D eigenvalue weighted by molar-refractivity contribution is -0.141. The molecule has 15 heavy (non-hydrogen) atoms. The minimum absolute atomic E-state index is 0.418. The molecule has 5 nitrogen and oxygen atoms in total. The summed E-state index contributed by atoms with van der Waals surface area (Å²) in [7, 11) is 0. The Kier molecular flexibility index (Phi) is 3.81. The first kappa shape index (κ1) is 11.7. The summed E-state index contributed by atoms with van der Waals surface area (Å²) in [6.07, 6.45) is -1.13. The van der Waals surface area contributed by atoms with E-state index < -0.39 is 24.0 Å². The van der Waals surface area contributed by atoms with Crippen molar-refractivity contribution in [2.45, 2.75) is 19.1 Å². The van der Waals surface area contributed by atoms with Crippen LogP contribution < -0.4 is 5.32 Å². The minimum atomic E-state index is -1.28. The van der Waals surface area contributed by atoms with Gasteiger partial charge in [0.25, 0.3) is 5.91 Å². The Morgan fingerprint density at radius 3 is 2.60 bits per heavy atom. The van der Waals surface area contributed by atoms with E-state index in [9.17, 15) is 9.59 Å². The van der Waals surface area contributed by atoms with Crippen molar-refractivity contribution in [3.8, 4) is 0 Å². The van der Waals surface area contributed by atoms with Crippen molar-refractivity contribution in [1.29, 1.82) is 0 Å². The van der Waals surface area contributed by atoms with Crippen LogP contribution in [0, 0.1) is 0 Å². The van der Waals surface area contributed by atoms with E-state index in [1.54, 1.807) is 17.5 Å². The topological polar surface area (TPSA) is 86.6 Å². The molecule has 0 aliphatic heterocycles. The molecule has 3 N–H and O–H groups in total. The van der Waals surface area contributed by atoms with Gasteiger partial charge in [-0.2, -0.15) is 0 Å². The van der Waals surface area contributed by atoms with Gasteiger partial charge in [0.05, 0.1) is 11.0 Å². The Morgan fingerprint density at radius 2 is 2.20 bits per heavy atom. The summed E-state index contributed by atoms with van der Waals surface area (Å²) in [5, 5.41) is 21.8. The molecule has 1 amide bonds. The van der Waals surface area contributed by atoms with Gasteiger partial charge >= 0.3 is 5.97 Å². The smallest absolute Gasteiger partial charge is 0.328 e. The van der Waals surface area contributed by atoms with E-state index in [0.717, 1.165) is 0 Å². The van der Waals surface area contributed by atoms with E-state index in [1.807, 2.05) is 0 Å². The Bertz CT molecular complexity index is 347. The molecule has 1 rings (SSSR count). The number of thiophene rings is 1. The fraction of sp³-hybridized carbons (Fsp3) is 0.333. The van der Waals surface area contributed by atoms with Crippen molar-refractivity contribution >= 4 is 23.2 Å². The Labute approximate surface area is 90.4 Å². The Balaban J connectivity index is 2.67. The first-order valence-corrected chi connectivity index (χ1v) is 5.15. The third-order valence-corrected chi connectivity index (χ3v) is 2.65. The maximum absolute atomic E-state index is 11.4. The zero-order chi connectivity index (χ0) is 11.4. The highest BCUT2D eigenvalue weighted by molar-refractivity contribution is 7.12. The molecule has 0 saturated carbocycles. The average Bonchev–Trinajstić information content (AvgIpc) is 2.65. The van der Waals surface area contributed by atoms with E-state index in [-0.39, 0.29) is 0 Å². The van der Waals surface area contributed by atoms with Gasteiger partial charge in [-0.3, -0.25) is 4.79 Å². The number of rotatable bonds is 4. The van der Waals surface area contributed by atoms with Crippen LogP contribution in [0.15, 0.2) is 17.5 Å². The van der Waals surface area contributed by atoms with Crippen molar-refractivity contribution in [3.63, 3.8) is 0 Å². The molecule has 0 bridgehead atoms. The van der Waals surface area contributed by atoms with Gasteiger partial charge in [0.1, 0.15) is 0 Å². The maximum Gasteiger partial charge on any atom is 0.328 e. The number of hydrogen-bond donors (Lipinski definition) is 3. The van der Waals surface area contributed by atoms with Gasteiger partial charge in [-0.25, -0.2) is 4.79 Å². The zero-order valence-corrected chi connectivity index (χ0v) is 8.82. The second-order valence-corrected chi connectivity index (χ2v) is 3.95. The van der Waals surface area contributed by atoms with Crippen LogP contribution in [-0.2, 0) is 4.79 Å². The highest BCUT2D eigenvalue weighted by Gasteiger charge is 2.25. The van der Waals surface area contributed by atoms with Crippen LogP contribution >= 0.6 is 11.3 Å². The van der Waals surface area contributed by atoms with Crippen LogP contribution in [0.2, 0.25) is 0 Å². The molecule has 2 atom stereocenters. The highest BCUT2D eigenvalue weighted by atomic mass is 32.1. The number of aliphatic hydroxyl groups is 1. The molecule has 6 heteroatoms. The van der Waals surface area contributed by atoms with Gasteiger partial charge in [0, 0.05) is 0 Å². The first-order valence-electron chi connectivity index (χ1n) is 4.27. The second-order valence-electron chi connectivity index (χ2n) is 3.01. The third kappa shape index (κ3) is 3.03. The summed E-state index contributed by atoms with van der Waals surface area (Å²) < 4.78 is 0. The molecular weight excluding hydrogens is 218 g/mol. The number of carboxylic acids is 1. The highest BCUT2D eigenvalue weighted by Crippen LogP contribution is 2.08. The van der Waals surface area contributed by atoms with E-state index in [0.29, 0.717) is 4.88 Å². The fourth-order valence-electron chi connectivity index (χ4n) is 1.01. The van der Waals surface area contributed by atoms with E-state index in [2.05, 4.69) is 5.32 Å². The van der Waals surface area contributed by atoms with E-state index in [1.165, 1.54) is 18.3 Å². The number of carbonyl (C=O) groups excluding carboxylic acids is 1. The molecule has 2 unspecified atom stereocenters. The van der Waals surface area contributed by atoms with E-state index in [4.69, 9.17) is 10.2 Å². The summed E-state index contributed by atoms with van der Waals surface area (Å²) >= 11 is 1.21. The molecule has 0 spiro atoms. The van der Waals surface area contributed by atoms with Gasteiger partial charge in [0.15, 0.2) is 6.04 Å². The Morgan fingerprint density at radius 1 is 1.53 bits per heavy atom. The molecular formula is C9H11NO4S. The largest absolute Gasteiger partial charge is 0.480 e. The molecule has 0 aliphatic rings. The van der Waals surface area contributed by atoms with Crippen molar-refractivity contribution in [2.24, 2.45) is 0 Å². The first-order chi connectivity index (χ1) is 7.02. The maximum atomic E-state index is 11.4. The number of aliphatic hydroxyl groups excluding tert-OH is 1. The molecule has 0 radical (unpaired) electrons. The van der Waals surface area contributed by atoms with Gasteiger partial charge < -0.3 is 15.5 Å². The molecule has 1 aromatic rings. The normalized spacial score (nSPS) is 14.3. The quantitative estimate of drug-likeness (QED) is 0.693. The summed E-state index contributed by atoms with van der Waals surface area (Å²) in [6.45, 7) is 1.31. The van der Waals surface area contributed by atoms with Crippen molar-refractivity contribution in [1.82, 2.24) is 5.32 Å². The molecule has 0 saturated heterocycles. The predicted octanol–water partition coefficient (Wildman–Crippen LogP) is 0.312. The number of nitrogens with one attached hydrogen (secondary N) is 1. The van der Waals surface area contributed by atoms with Crippen molar-refractivity contribution in [2.75, 3.05) is 0 Å². The van der Waals surface area contributed by atoms with Crippen LogP contribution in [0.1, 0.15) is 16.6 Å².